The fourth-order valence-corrected chi connectivity index (χ4v) is 11.7. The zero-order chi connectivity index (χ0) is 63.9. The van der Waals surface area contributed by atoms with E-state index in [-0.39, 0.29) is 13.0 Å². The van der Waals surface area contributed by atoms with Crippen molar-refractivity contribution in [2.75, 3.05) is 13.2 Å². The van der Waals surface area contributed by atoms with Crippen LogP contribution < -0.4 is 5.32 Å². The third-order valence-corrected chi connectivity index (χ3v) is 17.6. The van der Waals surface area contributed by atoms with E-state index in [4.69, 9.17) is 14.2 Å². The maximum absolute atomic E-state index is 13.5. The first-order chi connectivity index (χ1) is 43.2. The number of aliphatic hydroxyl groups excluding tert-OH is 5. The summed E-state index contributed by atoms with van der Waals surface area (Å²) in [6, 6.07) is -1.03. The minimum Gasteiger partial charge on any atom is -0.454 e. The van der Waals surface area contributed by atoms with E-state index in [0.717, 1.165) is 70.6 Å². The number of carbonyl (C=O) groups excluding carboxylic acids is 2. The van der Waals surface area contributed by atoms with Gasteiger partial charge in [0.15, 0.2) is 12.4 Å². The summed E-state index contributed by atoms with van der Waals surface area (Å²) >= 11 is 0. The molecule has 1 fully saturated rings. The van der Waals surface area contributed by atoms with E-state index in [1.807, 2.05) is 6.08 Å². The lowest BCUT2D eigenvalue weighted by Crippen LogP contribution is -2.61. The lowest BCUT2D eigenvalue weighted by Gasteiger charge is -2.41. The van der Waals surface area contributed by atoms with Crippen LogP contribution in [0.2, 0.25) is 0 Å². The number of unbranched alkanes of at least 4 members (excludes halogenated alkanes) is 43. The number of hydrogen-bond donors (Lipinski definition) is 6. The number of ether oxygens (including phenoxy) is 3. The first kappa shape index (κ1) is 83.4. The Kier molecular flexibility index (Phi) is 61.1. The number of aliphatic hydroxyl groups is 5. The van der Waals surface area contributed by atoms with Crippen LogP contribution in [-0.4, -0.2) is 99.6 Å². The molecule has 1 amide bonds. The van der Waals surface area contributed by atoms with Gasteiger partial charge in [-0.1, -0.05) is 319 Å². The van der Waals surface area contributed by atoms with Crippen molar-refractivity contribution in [2.45, 2.75) is 404 Å². The van der Waals surface area contributed by atoms with Gasteiger partial charge in [-0.05, 0) is 89.9 Å². The average molecular weight is 1240 g/mol. The smallest absolute Gasteiger partial charge is 0.306 e. The number of amides is 1. The van der Waals surface area contributed by atoms with E-state index >= 15 is 0 Å². The van der Waals surface area contributed by atoms with Gasteiger partial charge in [-0.25, -0.2) is 0 Å². The second-order valence-electron chi connectivity index (χ2n) is 26.0. The Bertz CT molecular complexity index is 1670. The van der Waals surface area contributed by atoms with Crippen LogP contribution in [0.1, 0.15) is 355 Å². The molecule has 0 aliphatic carbocycles. The van der Waals surface area contributed by atoms with Gasteiger partial charge < -0.3 is 45.1 Å². The highest BCUT2D eigenvalue weighted by Gasteiger charge is 2.47. The zero-order valence-corrected chi connectivity index (χ0v) is 57.4. The molecule has 88 heavy (non-hydrogen) atoms. The summed E-state index contributed by atoms with van der Waals surface area (Å²) in [4.78, 5) is 26.7. The molecule has 8 atom stereocenters. The molecule has 0 radical (unpaired) electrons. The number of nitrogens with one attached hydrogen (secondary N) is 1. The quantitative estimate of drug-likeness (QED) is 0.0195. The molecule has 1 aliphatic rings. The molecule has 1 heterocycles. The molecular formula is C77H141NO10. The molecule has 0 bridgehead atoms. The monoisotopic (exact) mass is 1240 g/mol. The second-order valence-corrected chi connectivity index (χ2v) is 26.0. The molecule has 514 valence electrons. The summed E-state index contributed by atoms with van der Waals surface area (Å²) in [5.41, 5.74) is 0. The Labute approximate surface area is 541 Å². The lowest BCUT2D eigenvalue weighted by molar-refractivity contribution is -0.305. The second kappa shape index (κ2) is 64.5. The van der Waals surface area contributed by atoms with Crippen LogP contribution >= 0.6 is 0 Å². The Morgan fingerprint density at radius 3 is 1.20 bits per heavy atom. The Hall–Kier alpha value is -2.64. The predicted octanol–water partition coefficient (Wildman–Crippen LogP) is 19.7. The Morgan fingerprint density at radius 2 is 0.784 bits per heavy atom. The van der Waals surface area contributed by atoms with Crippen LogP contribution in [0.15, 0.2) is 60.8 Å². The third kappa shape index (κ3) is 50.9. The summed E-state index contributed by atoms with van der Waals surface area (Å²) in [6.45, 7) is 5.81. The Morgan fingerprint density at radius 1 is 0.443 bits per heavy atom. The van der Waals surface area contributed by atoms with Crippen LogP contribution in [0.3, 0.4) is 0 Å². The fraction of sp³-hybridized carbons (Fsp3) is 0.844. The van der Waals surface area contributed by atoms with Crippen LogP contribution in [0.25, 0.3) is 0 Å². The molecule has 0 aromatic carbocycles. The third-order valence-electron chi connectivity index (χ3n) is 17.6. The first-order valence-corrected chi connectivity index (χ1v) is 37.6. The van der Waals surface area contributed by atoms with Crippen molar-refractivity contribution >= 4 is 11.9 Å². The molecule has 1 saturated heterocycles. The standard InChI is InChI=1S/C77H141NO10/c1-4-7-10-13-16-19-22-25-27-29-31-33-34-35-36-37-39-40-42-44-46-49-52-55-58-61-64-70(81)76(85)78-68(69(80)63-60-57-54-51-48-24-21-18-15-12-9-6-3)67-86-77-75(74(84)73(83)71(66-79)87-77)88-72(82)65-62-59-56-53-50-47-45-43-41-38-32-30-28-26-23-20-17-14-11-8-5-2/h16,19,25-28,31,33,60,63,68-71,73-75,77,79-81,83-84H,4-15,17-18,20-24,29-30,32,34-59,61-62,64-67H2,1-3H3,(H,78,85)/b19-16-,27-25-,28-26+,33-31-,63-60+. The van der Waals surface area contributed by atoms with Crippen LogP contribution in [0.5, 0.6) is 0 Å². The molecule has 0 spiro atoms. The van der Waals surface area contributed by atoms with Gasteiger partial charge in [0.1, 0.15) is 24.4 Å². The normalized spacial score (nSPS) is 18.5. The topological polar surface area (TPSA) is 175 Å². The van der Waals surface area contributed by atoms with Crippen molar-refractivity contribution in [1.29, 1.82) is 0 Å². The van der Waals surface area contributed by atoms with Crippen molar-refractivity contribution < 1.29 is 49.3 Å². The maximum Gasteiger partial charge on any atom is 0.306 e. The average Bonchev–Trinajstić information content (AvgIpc) is 1.25. The van der Waals surface area contributed by atoms with Crippen molar-refractivity contribution in [3.05, 3.63) is 60.8 Å². The van der Waals surface area contributed by atoms with E-state index in [9.17, 15) is 35.1 Å². The summed E-state index contributed by atoms with van der Waals surface area (Å²) in [5.74, 6) is -1.18. The number of esters is 1. The van der Waals surface area contributed by atoms with Gasteiger partial charge in [0.2, 0.25) is 5.91 Å². The highest BCUT2D eigenvalue weighted by atomic mass is 16.7. The molecule has 6 N–H and O–H groups in total. The van der Waals surface area contributed by atoms with Gasteiger partial charge in [0.25, 0.3) is 0 Å². The minimum absolute atomic E-state index is 0.124. The number of carbonyl (C=O) groups is 2. The predicted molar refractivity (Wildman–Crippen MR) is 370 cm³/mol. The highest BCUT2D eigenvalue weighted by molar-refractivity contribution is 5.80. The zero-order valence-electron chi connectivity index (χ0n) is 57.4. The largest absolute Gasteiger partial charge is 0.454 e. The highest BCUT2D eigenvalue weighted by Crippen LogP contribution is 2.26. The van der Waals surface area contributed by atoms with Crippen molar-refractivity contribution in [1.82, 2.24) is 5.32 Å². The summed E-state index contributed by atoms with van der Waals surface area (Å²) < 4.78 is 17.7. The molecule has 8 unspecified atom stereocenters. The SMILES string of the molecule is CCCCC/C=C\C/C=C\C/C=C\CCCCCCCCCCCCCCCC(O)C(=O)NC(COC1OC(CO)C(O)C(O)C1OC(=O)CCCCCCCCCCCCC/C=C/CCCCCCCC)C(O)/C=C/CCCCCCCCCCCC. The van der Waals surface area contributed by atoms with E-state index in [1.165, 1.54) is 238 Å². The summed E-state index contributed by atoms with van der Waals surface area (Å²) in [7, 11) is 0. The van der Waals surface area contributed by atoms with Gasteiger partial charge >= 0.3 is 5.97 Å². The Balaban J connectivity index is 2.53. The summed E-state index contributed by atoms with van der Waals surface area (Å²) in [5, 5.41) is 57.3. The molecule has 0 aromatic heterocycles. The van der Waals surface area contributed by atoms with Crippen LogP contribution in [0, 0.1) is 0 Å². The molecule has 0 aromatic rings. The summed E-state index contributed by atoms with van der Waals surface area (Å²) in [6.07, 6.45) is 72.6. The van der Waals surface area contributed by atoms with E-state index in [1.54, 1.807) is 6.08 Å². The van der Waals surface area contributed by atoms with Crippen LogP contribution in [0.4, 0.5) is 0 Å². The number of allylic oxidation sites excluding steroid dienone is 9. The molecule has 1 aliphatic heterocycles. The van der Waals surface area contributed by atoms with E-state index < -0.39 is 67.4 Å². The first-order valence-electron chi connectivity index (χ1n) is 37.6. The molecule has 0 saturated carbocycles. The number of hydrogen-bond acceptors (Lipinski definition) is 10. The van der Waals surface area contributed by atoms with Gasteiger partial charge in [-0.2, -0.15) is 0 Å². The molecule has 11 heteroatoms. The molecule has 1 rings (SSSR count). The van der Waals surface area contributed by atoms with E-state index in [0.29, 0.717) is 19.3 Å². The van der Waals surface area contributed by atoms with Gasteiger partial charge in [-0.3, -0.25) is 9.59 Å². The van der Waals surface area contributed by atoms with Gasteiger partial charge in [0, 0.05) is 6.42 Å². The van der Waals surface area contributed by atoms with Crippen molar-refractivity contribution in [3.63, 3.8) is 0 Å². The van der Waals surface area contributed by atoms with Gasteiger partial charge in [0.05, 0.1) is 25.4 Å². The fourth-order valence-electron chi connectivity index (χ4n) is 11.7. The molecular weight excluding hydrogens is 1100 g/mol. The van der Waals surface area contributed by atoms with Crippen molar-refractivity contribution in [3.8, 4) is 0 Å². The van der Waals surface area contributed by atoms with E-state index in [2.05, 4.69) is 74.7 Å². The maximum atomic E-state index is 13.5. The lowest BCUT2D eigenvalue weighted by atomic mass is 9.99. The van der Waals surface area contributed by atoms with Gasteiger partial charge in [-0.15, -0.1) is 0 Å². The van der Waals surface area contributed by atoms with Crippen LogP contribution in [-0.2, 0) is 23.8 Å². The number of rotatable bonds is 65. The molecule has 11 nitrogen and oxygen atoms in total. The minimum atomic E-state index is -1.61. The van der Waals surface area contributed by atoms with Crippen molar-refractivity contribution in [2.24, 2.45) is 0 Å².